The molecule has 0 radical (unpaired) electrons. The Balaban J connectivity index is 1.86. The molecule has 3 rings (SSSR count). The summed E-state index contributed by atoms with van der Waals surface area (Å²) in [6.45, 7) is 8.55. The number of likely N-dealkylation sites (N-methyl/N-ethyl adjacent to an activating group) is 1. The molecule has 0 unspecified atom stereocenters. The van der Waals surface area contributed by atoms with E-state index in [4.69, 9.17) is 11.6 Å². The van der Waals surface area contributed by atoms with Gasteiger partial charge in [-0.1, -0.05) is 98.2 Å². The summed E-state index contributed by atoms with van der Waals surface area (Å²) in [6.07, 6.45) is 0. The highest BCUT2D eigenvalue weighted by atomic mass is 35.5. The van der Waals surface area contributed by atoms with Crippen molar-refractivity contribution in [1.29, 1.82) is 0 Å². The Morgan fingerprint density at radius 2 is 1.24 bits per heavy atom. The van der Waals surface area contributed by atoms with Crippen LogP contribution in [0.5, 0.6) is 0 Å². The number of anilines is 1. The lowest BCUT2D eigenvalue weighted by Gasteiger charge is -2.18. The molecule has 0 aromatic heterocycles. The van der Waals surface area contributed by atoms with Gasteiger partial charge in [-0.25, -0.2) is 0 Å². The summed E-state index contributed by atoms with van der Waals surface area (Å²) < 4.78 is 0. The summed E-state index contributed by atoms with van der Waals surface area (Å²) in [4.78, 5) is 2.41. The van der Waals surface area contributed by atoms with Crippen LogP contribution >= 0.6 is 11.6 Å². The largest absolute Gasteiger partial charge is 0.384 e. The second kappa shape index (κ2) is 10.8. The zero-order chi connectivity index (χ0) is 20.5. The Morgan fingerprint density at radius 3 is 1.79 bits per heavy atom. The van der Waals surface area contributed by atoms with E-state index in [0.717, 1.165) is 59.2 Å². The molecule has 3 aromatic rings. The SMILES string of the molecule is CCN(CC)CCNc1ccc(/C(=C(\Cl)c2ccccc2)c2ccccc2)cc1. The fourth-order valence-electron chi connectivity index (χ4n) is 3.41. The van der Waals surface area contributed by atoms with Gasteiger partial charge in [0.05, 0.1) is 5.03 Å². The Labute approximate surface area is 179 Å². The summed E-state index contributed by atoms with van der Waals surface area (Å²) in [5.74, 6) is 0. The van der Waals surface area contributed by atoms with Gasteiger partial charge < -0.3 is 10.2 Å². The monoisotopic (exact) mass is 404 g/mol. The predicted octanol–water partition coefficient (Wildman–Crippen LogP) is 6.60. The molecule has 0 atom stereocenters. The van der Waals surface area contributed by atoms with Crippen LogP contribution < -0.4 is 5.32 Å². The van der Waals surface area contributed by atoms with Crippen molar-refractivity contribution in [3.63, 3.8) is 0 Å². The molecule has 1 N–H and O–H groups in total. The van der Waals surface area contributed by atoms with Gasteiger partial charge in [-0.2, -0.15) is 0 Å². The van der Waals surface area contributed by atoms with Gasteiger partial charge in [0.25, 0.3) is 0 Å². The summed E-state index contributed by atoms with van der Waals surface area (Å²) in [5.41, 5.74) is 5.43. The number of benzene rings is 3. The lowest BCUT2D eigenvalue weighted by molar-refractivity contribution is 0.316. The zero-order valence-electron chi connectivity index (χ0n) is 17.2. The average molecular weight is 405 g/mol. The fourth-order valence-corrected chi connectivity index (χ4v) is 3.75. The summed E-state index contributed by atoms with van der Waals surface area (Å²) in [5, 5.41) is 4.28. The van der Waals surface area contributed by atoms with Crippen molar-refractivity contribution < 1.29 is 0 Å². The van der Waals surface area contributed by atoms with Crippen molar-refractivity contribution in [3.8, 4) is 0 Å². The Kier molecular flexibility index (Phi) is 7.92. The van der Waals surface area contributed by atoms with Crippen molar-refractivity contribution in [2.24, 2.45) is 0 Å². The van der Waals surface area contributed by atoms with Crippen molar-refractivity contribution in [3.05, 3.63) is 102 Å². The lowest BCUT2D eigenvalue weighted by atomic mass is 9.95. The van der Waals surface area contributed by atoms with Crippen molar-refractivity contribution >= 4 is 27.9 Å². The first-order chi connectivity index (χ1) is 14.2. The molecule has 3 heteroatoms. The molecule has 29 heavy (non-hydrogen) atoms. The van der Waals surface area contributed by atoms with Gasteiger partial charge in [-0.15, -0.1) is 0 Å². The minimum absolute atomic E-state index is 0.763. The molecular weight excluding hydrogens is 376 g/mol. The number of hydrogen-bond acceptors (Lipinski definition) is 2. The minimum atomic E-state index is 0.763. The van der Waals surface area contributed by atoms with Crippen molar-refractivity contribution in [2.75, 3.05) is 31.5 Å². The van der Waals surface area contributed by atoms with Gasteiger partial charge in [0.1, 0.15) is 0 Å². The third kappa shape index (κ3) is 5.72. The second-order valence-electron chi connectivity index (χ2n) is 6.95. The molecule has 0 spiro atoms. The first-order valence-electron chi connectivity index (χ1n) is 10.3. The van der Waals surface area contributed by atoms with E-state index in [1.54, 1.807) is 0 Å². The number of nitrogens with one attached hydrogen (secondary N) is 1. The van der Waals surface area contributed by atoms with E-state index in [1.165, 1.54) is 0 Å². The van der Waals surface area contributed by atoms with E-state index >= 15 is 0 Å². The van der Waals surface area contributed by atoms with E-state index in [9.17, 15) is 0 Å². The molecule has 2 nitrogen and oxygen atoms in total. The first kappa shape index (κ1) is 21.2. The molecule has 0 aliphatic rings. The predicted molar refractivity (Wildman–Crippen MR) is 127 cm³/mol. The van der Waals surface area contributed by atoms with Crippen LogP contribution in [0.4, 0.5) is 5.69 Å². The van der Waals surface area contributed by atoms with Crippen LogP contribution in [0.25, 0.3) is 10.6 Å². The van der Waals surface area contributed by atoms with Crippen LogP contribution in [0.15, 0.2) is 84.9 Å². The highest BCUT2D eigenvalue weighted by Crippen LogP contribution is 2.35. The summed E-state index contributed by atoms with van der Waals surface area (Å²) in [6, 6.07) is 29.0. The third-order valence-electron chi connectivity index (χ3n) is 5.13. The van der Waals surface area contributed by atoms with E-state index in [1.807, 2.05) is 36.4 Å². The average Bonchev–Trinajstić information content (AvgIpc) is 2.79. The van der Waals surface area contributed by atoms with E-state index in [0.29, 0.717) is 0 Å². The lowest BCUT2D eigenvalue weighted by Crippen LogP contribution is -2.28. The van der Waals surface area contributed by atoms with E-state index in [-0.39, 0.29) is 0 Å². The Morgan fingerprint density at radius 1 is 0.724 bits per heavy atom. The molecule has 0 saturated heterocycles. The van der Waals surface area contributed by atoms with Crippen LogP contribution in [0.3, 0.4) is 0 Å². The van der Waals surface area contributed by atoms with Gasteiger partial charge in [0.15, 0.2) is 0 Å². The molecule has 0 aliphatic carbocycles. The molecule has 3 aromatic carbocycles. The molecular formula is C26H29ClN2. The van der Waals surface area contributed by atoms with Crippen LogP contribution in [-0.4, -0.2) is 31.1 Å². The van der Waals surface area contributed by atoms with Crippen LogP contribution in [0, 0.1) is 0 Å². The molecule has 0 saturated carbocycles. The quantitative estimate of drug-likeness (QED) is 0.404. The van der Waals surface area contributed by atoms with Crippen molar-refractivity contribution in [1.82, 2.24) is 4.90 Å². The molecule has 0 amide bonds. The number of rotatable bonds is 9. The normalized spacial score (nSPS) is 12.0. The third-order valence-corrected chi connectivity index (χ3v) is 5.54. The fraction of sp³-hybridized carbons (Fsp3) is 0.231. The maximum atomic E-state index is 6.89. The topological polar surface area (TPSA) is 15.3 Å². The smallest absolute Gasteiger partial charge is 0.0562 e. The number of halogens is 1. The Bertz CT molecular complexity index is 898. The standard InChI is InChI=1S/C26H29ClN2/c1-3-29(4-2)20-19-28-24-17-15-22(16-18-24)25(21-11-7-5-8-12-21)26(27)23-13-9-6-10-14-23/h5-18,28H,3-4,19-20H2,1-2H3/b26-25-. The first-order valence-corrected chi connectivity index (χ1v) is 10.7. The number of nitrogens with zero attached hydrogens (tertiary/aromatic N) is 1. The second-order valence-corrected chi connectivity index (χ2v) is 7.33. The maximum absolute atomic E-state index is 6.89. The molecule has 150 valence electrons. The molecule has 0 aliphatic heterocycles. The summed E-state index contributed by atoms with van der Waals surface area (Å²) >= 11 is 6.89. The van der Waals surface area contributed by atoms with E-state index in [2.05, 4.69) is 72.6 Å². The summed E-state index contributed by atoms with van der Waals surface area (Å²) in [7, 11) is 0. The van der Waals surface area contributed by atoms with Gasteiger partial charge in [-0.05, 0) is 41.9 Å². The van der Waals surface area contributed by atoms with Gasteiger partial charge in [0.2, 0.25) is 0 Å². The van der Waals surface area contributed by atoms with Crippen LogP contribution in [-0.2, 0) is 0 Å². The highest BCUT2D eigenvalue weighted by Gasteiger charge is 2.12. The zero-order valence-corrected chi connectivity index (χ0v) is 18.0. The Hall–Kier alpha value is -2.55. The minimum Gasteiger partial charge on any atom is -0.384 e. The van der Waals surface area contributed by atoms with Gasteiger partial charge in [0, 0.05) is 24.4 Å². The maximum Gasteiger partial charge on any atom is 0.0562 e. The highest BCUT2D eigenvalue weighted by molar-refractivity contribution is 6.53. The van der Waals surface area contributed by atoms with E-state index < -0.39 is 0 Å². The van der Waals surface area contributed by atoms with Crippen molar-refractivity contribution in [2.45, 2.75) is 13.8 Å². The van der Waals surface area contributed by atoms with Crippen LogP contribution in [0.2, 0.25) is 0 Å². The molecule has 0 bridgehead atoms. The molecule has 0 heterocycles. The molecule has 0 fully saturated rings. The van der Waals surface area contributed by atoms with Crippen LogP contribution in [0.1, 0.15) is 30.5 Å². The van der Waals surface area contributed by atoms with Gasteiger partial charge >= 0.3 is 0 Å². The van der Waals surface area contributed by atoms with Gasteiger partial charge in [-0.3, -0.25) is 0 Å². The number of hydrogen-bond donors (Lipinski definition) is 1.